The van der Waals surface area contributed by atoms with E-state index in [9.17, 15) is 9.59 Å². The molecule has 0 atom stereocenters. The van der Waals surface area contributed by atoms with E-state index in [1.54, 1.807) is 18.2 Å². The van der Waals surface area contributed by atoms with Crippen LogP contribution in [0.2, 0.25) is 0 Å². The molecule has 1 aromatic heterocycles. The van der Waals surface area contributed by atoms with Crippen molar-refractivity contribution in [3.63, 3.8) is 0 Å². The molecule has 0 aliphatic rings. The van der Waals surface area contributed by atoms with Gasteiger partial charge in [0, 0.05) is 4.47 Å². The van der Waals surface area contributed by atoms with Crippen LogP contribution in [0.25, 0.3) is 10.9 Å². The van der Waals surface area contributed by atoms with Crippen LogP contribution in [-0.4, -0.2) is 11.2 Å². The quantitative estimate of drug-likeness (QED) is 0.685. The molecule has 0 bridgehead atoms. The topological polar surface area (TPSA) is 61.4 Å². The second-order valence-electron chi connectivity index (χ2n) is 5.54. The minimum atomic E-state index is -0.681. The van der Waals surface area contributed by atoms with Crippen LogP contribution >= 0.6 is 15.9 Å². The maximum atomic E-state index is 12.0. The zero-order valence-corrected chi connectivity index (χ0v) is 14.9. The van der Waals surface area contributed by atoms with Crippen molar-refractivity contribution in [1.29, 1.82) is 0 Å². The molecule has 5 nitrogen and oxygen atoms in total. The normalized spacial score (nSPS) is 11.0. The first-order chi connectivity index (χ1) is 11.5. The lowest BCUT2D eigenvalue weighted by Crippen LogP contribution is -2.27. The fourth-order valence-electron chi connectivity index (χ4n) is 2.67. The molecule has 1 heterocycles. The summed E-state index contributed by atoms with van der Waals surface area (Å²) >= 11 is 3.32. The van der Waals surface area contributed by atoms with Crippen molar-refractivity contribution in [3.8, 4) is 5.75 Å². The molecular weight excluding hydrogens is 374 g/mol. The minimum Gasteiger partial charge on any atom is -0.491 e. The average molecular weight is 390 g/mol. The first kappa shape index (κ1) is 16.5. The molecule has 6 heteroatoms. The van der Waals surface area contributed by atoms with Crippen molar-refractivity contribution >= 4 is 26.8 Å². The van der Waals surface area contributed by atoms with E-state index >= 15 is 0 Å². The number of hydrogen-bond acceptors (Lipinski definition) is 4. The fraction of sp³-hybridized carbons (Fsp3) is 0.222. The molecular formula is C18H16BrNO4. The maximum absolute atomic E-state index is 12.0. The van der Waals surface area contributed by atoms with Gasteiger partial charge in [0.15, 0.2) is 0 Å². The molecule has 0 aliphatic carbocycles. The second kappa shape index (κ2) is 6.65. The van der Waals surface area contributed by atoms with Crippen LogP contribution in [0.3, 0.4) is 0 Å². The molecule has 2 aromatic carbocycles. The largest absolute Gasteiger partial charge is 0.491 e. The van der Waals surface area contributed by atoms with Crippen molar-refractivity contribution in [2.24, 2.45) is 0 Å². The first-order valence-corrected chi connectivity index (χ1v) is 8.29. The smallest absolute Gasteiger partial charge is 0.422 e. The predicted molar refractivity (Wildman–Crippen MR) is 95.9 cm³/mol. The Labute approximate surface area is 146 Å². The third-order valence-electron chi connectivity index (χ3n) is 3.84. The van der Waals surface area contributed by atoms with E-state index in [-0.39, 0.29) is 6.54 Å². The highest BCUT2D eigenvalue weighted by molar-refractivity contribution is 9.10. The van der Waals surface area contributed by atoms with Gasteiger partial charge in [-0.3, -0.25) is 4.57 Å². The molecule has 0 unspecified atom stereocenters. The summed E-state index contributed by atoms with van der Waals surface area (Å²) in [6.07, 6.45) is 0. The number of aryl methyl sites for hydroxylation is 2. The summed E-state index contributed by atoms with van der Waals surface area (Å²) in [6, 6.07) is 11.1. The van der Waals surface area contributed by atoms with Gasteiger partial charge in [0.05, 0.1) is 17.4 Å². The Morgan fingerprint density at radius 3 is 2.54 bits per heavy atom. The molecule has 0 aliphatic heterocycles. The number of hydrogen-bond donors (Lipinski definition) is 0. The van der Waals surface area contributed by atoms with Gasteiger partial charge in [-0.1, -0.05) is 34.1 Å². The lowest BCUT2D eigenvalue weighted by atomic mass is 10.1. The number of fused-ring (bicyclic) bond motifs is 1. The highest BCUT2D eigenvalue weighted by Crippen LogP contribution is 2.22. The van der Waals surface area contributed by atoms with Gasteiger partial charge in [-0.15, -0.1) is 0 Å². The fourth-order valence-corrected chi connectivity index (χ4v) is 3.03. The molecule has 0 radical (unpaired) electrons. The van der Waals surface area contributed by atoms with Crippen molar-refractivity contribution in [2.45, 2.75) is 20.4 Å². The predicted octanol–water partition coefficient (Wildman–Crippen LogP) is 3.41. The molecule has 24 heavy (non-hydrogen) atoms. The van der Waals surface area contributed by atoms with E-state index in [1.807, 2.05) is 32.0 Å². The Morgan fingerprint density at radius 2 is 1.83 bits per heavy atom. The molecule has 0 spiro atoms. The van der Waals surface area contributed by atoms with E-state index in [4.69, 9.17) is 9.15 Å². The van der Waals surface area contributed by atoms with Crippen molar-refractivity contribution < 1.29 is 9.15 Å². The molecule has 124 valence electrons. The Balaban J connectivity index is 1.91. The lowest BCUT2D eigenvalue weighted by Gasteiger charge is -2.13. The van der Waals surface area contributed by atoms with Crippen LogP contribution in [0.1, 0.15) is 11.1 Å². The number of aromatic nitrogens is 1. The van der Waals surface area contributed by atoms with E-state index < -0.39 is 11.4 Å². The zero-order chi connectivity index (χ0) is 17.3. The van der Waals surface area contributed by atoms with E-state index in [0.717, 1.165) is 21.3 Å². The standard InChI is InChI=1S/C18H16BrNO4/c1-11-4-3-5-12(2)16(11)23-9-8-20-15-7-6-13(19)10-14(15)17(21)24-18(20)22/h3-7,10H,8-9H2,1-2H3. The summed E-state index contributed by atoms with van der Waals surface area (Å²) in [7, 11) is 0. The summed E-state index contributed by atoms with van der Waals surface area (Å²) in [5, 5.41) is 0.357. The maximum Gasteiger partial charge on any atom is 0.422 e. The molecule has 0 amide bonds. The number of nitrogens with zero attached hydrogens (tertiary/aromatic N) is 1. The van der Waals surface area contributed by atoms with Crippen LogP contribution in [0.5, 0.6) is 5.75 Å². The summed E-state index contributed by atoms with van der Waals surface area (Å²) < 4.78 is 12.8. The van der Waals surface area contributed by atoms with Gasteiger partial charge < -0.3 is 9.15 Å². The minimum absolute atomic E-state index is 0.286. The number of para-hydroxylation sites is 1. The van der Waals surface area contributed by atoms with Gasteiger partial charge in [0.25, 0.3) is 0 Å². The van der Waals surface area contributed by atoms with E-state index in [0.29, 0.717) is 17.5 Å². The molecule has 0 N–H and O–H groups in total. The van der Waals surface area contributed by atoms with Gasteiger partial charge in [-0.05, 0) is 43.2 Å². The van der Waals surface area contributed by atoms with Gasteiger partial charge in [-0.25, -0.2) is 9.59 Å². The number of halogens is 1. The monoisotopic (exact) mass is 389 g/mol. The molecule has 3 aromatic rings. The van der Waals surface area contributed by atoms with E-state index in [1.165, 1.54) is 4.57 Å². The Kier molecular flexibility index (Phi) is 4.57. The van der Waals surface area contributed by atoms with Gasteiger partial charge in [-0.2, -0.15) is 0 Å². The molecule has 0 saturated carbocycles. The Hall–Kier alpha value is -2.34. The van der Waals surface area contributed by atoms with Crippen LogP contribution in [-0.2, 0) is 6.54 Å². The molecule has 0 fully saturated rings. The number of ether oxygens (including phenoxy) is 1. The number of rotatable bonds is 4. The summed E-state index contributed by atoms with van der Waals surface area (Å²) in [4.78, 5) is 23.9. The molecule has 0 saturated heterocycles. The second-order valence-corrected chi connectivity index (χ2v) is 6.45. The van der Waals surface area contributed by atoms with Gasteiger partial charge in [0.1, 0.15) is 12.4 Å². The SMILES string of the molecule is Cc1cccc(C)c1OCCn1c(=O)oc(=O)c2cc(Br)ccc21. The average Bonchev–Trinajstić information content (AvgIpc) is 2.53. The highest BCUT2D eigenvalue weighted by atomic mass is 79.9. The van der Waals surface area contributed by atoms with Crippen molar-refractivity contribution in [3.05, 3.63) is 73.0 Å². The Bertz CT molecular complexity index is 999. The zero-order valence-electron chi connectivity index (χ0n) is 13.3. The van der Waals surface area contributed by atoms with Gasteiger partial charge in [0.2, 0.25) is 0 Å². The summed E-state index contributed by atoms with van der Waals surface area (Å²) in [5.74, 6) is 0.134. The van der Waals surface area contributed by atoms with Crippen LogP contribution in [0, 0.1) is 13.8 Å². The highest BCUT2D eigenvalue weighted by Gasteiger charge is 2.10. The van der Waals surface area contributed by atoms with Crippen LogP contribution in [0.15, 0.2) is 54.9 Å². The summed E-state index contributed by atoms with van der Waals surface area (Å²) in [6.45, 7) is 4.53. The Morgan fingerprint density at radius 1 is 1.12 bits per heavy atom. The third-order valence-corrected chi connectivity index (χ3v) is 4.33. The number of benzene rings is 2. The lowest BCUT2D eigenvalue weighted by molar-refractivity contribution is 0.284. The van der Waals surface area contributed by atoms with Gasteiger partial charge >= 0.3 is 11.4 Å². The molecule has 3 rings (SSSR count). The van der Waals surface area contributed by atoms with E-state index in [2.05, 4.69) is 15.9 Å². The van der Waals surface area contributed by atoms with Crippen molar-refractivity contribution in [1.82, 2.24) is 4.57 Å². The third kappa shape index (κ3) is 3.14. The first-order valence-electron chi connectivity index (χ1n) is 7.49. The van der Waals surface area contributed by atoms with Crippen molar-refractivity contribution in [2.75, 3.05) is 6.61 Å². The van der Waals surface area contributed by atoms with Crippen LogP contribution < -0.4 is 16.1 Å². The summed E-state index contributed by atoms with van der Waals surface area (Å²) in [5.41, 5.74) is 1.97. The van der Waals surface area contributed by atoms with Crippen LogP contribution in [0.4, 0.5) is 0 Å².